The fourth-order valence-corrected chi connectivity index (χ4v) is 6.71. The van der Waals surface area contributed by atoms with Crippen molar-refractivity contribution in [3.05, 3.63) is 129 Å². The summed E-state index contributed by atoms with van der Waals surface area (Å²) in [6.45, 7) is 1.73. The predicted molar refractivity (Wildman–Crippen MR) is 155 cm³/mol. The number of ether oxygens (including phenoxy) is 1. The Morgan fingerprint density at radius 1 is 0.641 bits per heavy atom. The van der Waals surface area contributed by atoms with E-state index in [-0.39, 0.29) is 11.6 Å². The highest BCUT2D eigenvalue weighted by molar-refractivity contribution is 6.26. The number of carbonyl (C=O) groups is 2. The second-order valence-corrected chi connectivity index (χ2v) is 10.6. The van der Waals surface area contributed by atoms with E-state index in [4.69, 9.17) is 4.74 Å². The van der Waals surface area contributed by atoms with Crippen LogP contribution >= 0.6 is 0 Å². The number of hydrogen-bond acceptors (Lipinski definition) is 3. The predicted octanol–water partition coefficient (Wildman–Crippen LogP) is 8.05. The van der Waals surface area contributed by atoms with E-state index >= 15 is 0 Å². The number of benzene rings is 4. The fraction of sp³-hybridized carbons (Fsp3) is 0.167. The average molecular weight is 509 g/mol. The summed E-state index contributed by atoms with van der Waals surface area (Å²) < 4.78 is 5.90. The Morgan fingerprint density at radius 3 is 2.15 bits per heavy atom. The molecule has 0 saturated heterocycles. The summed E-state index contributed by atoms with van der Waals surface area (Å²) >= 11 is 0. The Morgan fingerprint density at radius 2 is 1.36 bits per heavy atom. The third-order valence-electron chi connectivity index (χ3n) is 8.51. The zero-order chi connectivity index (χ0) is 26.7. The van der Waals surface area contributed by atoms with Crippen LogP contribution in [0.15, 0.2) is 96.1 Å². The van der Waals surface area contributed by atoms with Crippen LogP contribution in [-0.2, 0) is 12.8 Å². The van der Waals surface area contributed by atoms with Gasteiger partial charge in [0, 0.05) is 22.3 Å². The highest BCUT2D eigenvalue weighted by Gasteiger charge is 2.36. The molecule has 0 fully saturated rings. The Kier molecular flexibility index (Phi) is 5.48. The first-order valence-electron chi connectivity index (χ1n) is 13.6. The van der Waals surface area contributed by atoms with Gasteiger partial charge in [-0.25, -0.2) is 0 Å². The van der Waals surface area contributed by atoms with Crippen molar-refractivity contribution in [2.24, 2.45) is 0 Å². The Labute approximate surface area is 228 Å². The molecule has 0 aromatic heterocycles. The van der Waals surface area contributed by atoms with E-state index in [1.807, 2.05) is 12.1 Å². The average Bonchev–Trinajstić information content (AvgIpc) is 2.98. The van der Waals surface area contributed by atoms with E-state index < -0.39 is 0 Å². The van der Waals surface area contributed by atoms with Crippen LogP contribution in [0.5, 0.6) is 5.75 Å². The molecule has 4 aromatic rings. The van der Waals surface area contributed by atoms with Gasteiger partial charge in [0.25, 0.3) is 0 Å². The summed E-state index contributed by atoms with van der Waals surface area (Å²) in [5, 5.41) is 0. The highest BCUT2D eigenvalue weighted by atomic mass is 16.5. The van der Waals surface area contributed by atoms with Crippen LogP contribution in [0.1, 0.15) is 62.7 Å². The molecule has 4 aromatic carbocycles. The molecule has 0 aliphatic heterocycles. The maximum absolute atomic E-state index is 13.5. The summed E-state index contributed by atoms with van der Waals surface area (Å²) in [6, 6.07) is 27.1. The number of carbonyl (C=O) groups excluding carboxylic acids is 2. The first-order valence-corrected chi connectivity index (χ1v) is 13.6. The zero-order valence-electron chi connectivity index (χ0n) is 22.1. The van der Waals surface area contributed by atoms with Gasteiger partial charge >= 0.3 is 0 Å². The Balaban J connectivity index is 1.55. The molecule has 0 amide bonds. The monoisotopic (exact) mass is 508 g/mol. The normalized spacial score (nSPS) is 15.7. The number of rotatable bonds is 3. The quantitative estimate of drug-likeness (QED) is 0.281. The second-order valence-electron chi connectivity index (χ2n) is 10.6. The van der Waals surface area contributed by atoms with Crippen molar-refractivity contribution in [1.29, 1.82) is 0 Å². The maximum atomic E-state index is 13.5. The molecule has 39 heavy (non-hydrogen) atoms. The van der Waals surface area contributed by atoms with Gasteiger partial charge in [-0.05, 0) is 95.3 Å². The molecule has 0 atom stereocenters. The van der Waals surface area contributed by atoms with Crippen LogP contribution in [0.4, 0.5) is 0 Å². The van der Waals surface area contributed by atoms with Gasteiger partial charge in [-0.2, -0.15) is 0 Å². The summed E-state index contributed by atoms with van der Waals surface area (Å²) in [5.41, 5.74) is 13.1. The van der Waals surface area contributed by atoms with Crippen molar-refractivity contribution in [3.8, 4) is 28.0 Å². The summed E-state index contributed by atoms with van der Waals surface area (Å²) in [4.78, 5) is 26.7. The lowest BCUT2D eigenvalue weighted by atomic mass is 9.69. The van der Waals surface area contributed by atoms with E-state index in [9.17, 15) is 9.59 Å². The largest absolute Gasteiger partial charge is 0.496 e. The molecular formula is C36H28O3. The molecule has 7 rings (SSSR count). The molecule has 0 saturated carbocycles. The van der Waals surface area contributed by atoms with Crippen molar-refractivity contribution in [3.63, 3.8) is 0 Å². The Hall–Kier alpha value is -4.50. The molecule has 0 unspecified atom stereocenters. The number of fused-ring (bicyclic) bond motifs is 6. The molecular weight excluding hydrogens is 480 g/mol. The van der Waals surface area contributed by atoms with Crippen molar-refractivity contribution in [1.82, 2.24) is 0 Å². The van der Waals surface area contributed by atoms with E-state index in [0.717, 1.165) is 76.0 Å². The zero-order valence-corrected chi connectivity index (χ0v) is 22.1. The van der Waals surface area contributed by atoms with Crippen LogP contribution in [0, 0.1) is 0 Å². The van der Waals surface area contributed by atoms with Crippen LogP contribution in [0.3, 0.4) is 0 Å². The lowest BCUT2D eigenvalue weighted by molar-refractivity contribution is 0.0984. The van der Waals surface area contributed by atoms with E-state index in [1.165, 1.54) is 17.2 Å². The highest BCUT2D eigenvalue weighted by Crippen LogP contribution is 2.51. The summed E-state index contributed by atoms with van der Waals surface area (Å²) in [5.74, 6) is 0.734. The molecule has 0 heterocycles. The molecule has 0 bridgehead atoms. The third kappa shape index (κ3) is 3.57. The molecule has 3 nitrogen and oxygen atoms in total. The molecule has 0 radical (unpaired) electrons. The molecule has 3 aliphatic carbocycles. The van der Waals surface area contributed by atoms with Crippen LogP contribution in [0.25, 0.3) is 27.8 Å². The standard InChI is InChI=1S/C36H28O3/c1-21-20-30(37)35-29(36(21)38)17-15-24-13-12-23-14-16-28-31(39-2)19-18-27(34(28)32(23)33(24)35)26-11-7-6-10-25(26)22-8-4-3-5-9-22/h3-11,15,17-20H,12-14,16H2,1-2H3. The second kappa shape index (κ2) is 9.06. The maximum Gasteiger partial charge on any atom is 0.189 e. The van der Waals surface area contributed by atoms with Crippen molar-refractivity contribution in [2.45, 2.75) is 32.6 Å². The minimum Gasteiger partial charge on any atom is -0.496 e. The van der Waals surface area contributed by atoms with Crippen LogP contribution < -0.4 is 4.74 Å². The molecule has 0 N–H and O–H groups in total. The first kappa shape index (κ1) is 23.6. The van der Waals surface area contributed by atoms with Gasteiger partial charge in [0.2, 0.25) is 0 Å². The number of ketones is 2. The number of aryl methyl sites for hydroxylation is 1. The van der Waals surface area contributed by atoms with Gasteiger partial charge in [-0.3, -0.25) is 9.59 Å². The van der Waals surface area contributed by atoms with Crippen LogP contribution in [-0.4, -0.2) is 18.7 Å². The van der Waals surface area contributed by atoms with E-state index in [2.05, 4.69) is 66.7 Å². The third-order valence-corrected chi connectivity index (χ3v) is 8.51. The van der Waals surface area contributed by atoms with Crippen molar-refractivity contribution >= 4 is 17.1 Å². The molecule has 190 valence electrons. The molecule has 3 heteroatoms. The number of Topliss-reactive ketones (excluding diaryl/α,β-unsaturated/α-hetero) is 1. The van der Waals surface area contributed by atoms with Gasteiger partial charge in [-0.15, -0.1) is 0 Å². The lowest BCUT2D eigenvalue weighted by Gasteiger charge is -2.34. The minimum atomic E-state index is -0.0750. The number of allylic oxidation sites excluding steroid dienone is 3. The smallest absolute Gasteiger partial charge is 0.189 e. The summed E-state index contributed by atoms with van der Waals surface area (Å²) in [7, 11) is 1.73. The van der Waals surface area contributed by atoms with E-state index in [0.29, 0.717) is 16.7 Å². The number of methoxy groups -OCH3 is 1. The first-order chi connectivity index (χ1) is 19.1. The lowest BCUT2D eigenvalue weighted by Crippen LogP contribution is -2.22. The topological polar surface area (TPSA) is 43.4 Å². The van der Waals surface area contributed by atoms with Gasteiger partial charge in [0.05, 0.1) is 7.11 Å². The van der Waals surface area contributed by atoms with Crippen molar-refractivity contribution in [2.75, 3.05) is 7.11 Å². The number of hydrogen-bond donors (Lipinski definition) is 0. The Bertz CT molecular complexity index is 1770. The van der Waals surface area contributed by atoms with Gasteiger partial charge in [-0.1, -0.05) is 72.3 Å². The fourth-order valence-electron chi connectivity index (χ4n) is 6.71. The molecule has 3 aliphatic rings. The van der Waals surface area contributed by atoms with Gasteiger partial charge in [0.1, 0.15) is 5.75 Å². The summed E-state index contributed by atoms with van der Waals surface area (Å²) in [6.07, 6.45) is 5.15. The van der Waals surface area contributed by atoms with Gasteiger partial charge < -0.3 is 4.74 Å². The molecule has 0 spiro atoms. The van der Waals surface area contributed by atoms with Crippen LogP contribution in [0.2, 0.25) is 0 Å². The SMILES string of the molecule is COc1ccc(-c2ccccc2-c2ccccc2)c2c1CCC1=C2c2c(ccc3c2C(=O)C=C(C)C3=O)CC1. The minimum absolute atomic E-state index is 0.0588. The van der Waals surface area contributed by atoms with E-state index in [1.54, 1.807) is 14.0 Å². The van der Waals surface area contributed by atoms with Gasteiger partial charge in [0.15, 0.2) is 11.6 Å². The van der Waals surface area contributed by atoms with Crippen molar-refractivity contribution < 1.29 is 14.3 Å².